The number of hydrogen-bond donors (Lipinski definition) is 2. The lowest BCUT2D eigenvalue weighted by atomic mass is 9.78. The first-order valence-electron chi connectivity index (χ1n) is 10.4. The highest BCUT2D eigenvalue weighted by molar-refractivity contribution is 6.30. The maximum Gasteiger partial charge on any atom is 0.257 e. The van der Waals surface area contributed by atoms with E-state index in [0.29, 0.717) is 48.0 Å². The highest BCUT2D eigenvalue weighted by atomic mass is 35.5. The van der Waals surface area contributed by atoms with Crippen molar-refractivity contribution in [2.24, 2.45) is 11.8 Å². The molecule has 29 heavy (non-hydrogen) atoms. The van der Waals surface area contributed by atoms with Gasteiger partial charge >= 0.3 is 0 Å². The first-order chi connectivity index (χ1) is 14.0. The van der Waals surface area contributed by atoms with E-state index in [2.05, 4.69) is 10.2 Å². The summed E-state index contributed by atoms with van der Waals surface area (Å²) >= 11 is 6.05. The number of fused-ring (bicyclic) bond motifs is 1. The van der Waals surface area contributed by atoms with Crippen LogP contribution in [0.15, 0.2) is 24.3 Å². The number of hydrogen-bond acceptors (Lipinski definition) is 4. The number of aromatic nitrogens is 2. The Morgan fingerprint density at radius 3 is 2.76 bits per heavy atom. The number of halogens is 1. The van der Waals surface area contributed by atoms with Crippen molar-refractivity contribution in [1.82, 2.24) is 15.1 Å². The number of aromatic amines is 1. The average Bonchev–Trinajstić information content (AvgIpc) is 3.34. The van der Waals surface area contributed by atoms with Gasteiger partial charge in [-0.1, -0.05) is 17.7 Å². The van der Waals surface area contributed by atoms with E-state index in [4.69, 9.17) is 16.3 Å². The third kappa shape index (κ3) is 3.64. The molecule has 2 saturated carbocycles. The van der Waals surface area contributed by atoms with Crippen molar-refractivity contribution in [2.75, 3.05) is 13.1 Å². The summed E-state index contributed by atoms with van der Waals surface area (Å²) in [5, 5.41) is 18.7. The van der Waals surface area contributed by atoms with E-state index in [-0.39, 0.29) is 12.0 Å². The Morgan fingerprint density at radius 1 is 1.28 bits per heavy atom. The fourth-order valence-corrected chi connectivity index (χ4v) is 5.11. The SMILES string of the molecule is Cc1[nH]nc(C2CC2)c1C(=O)N1C[C@H]2C[C@@H](Oc3cccc(Cl)c3)[C@H](O)C[C@H]2C1. The van der Waals surface area contributed by atoms with Gasteiger partial charge in [-0.05, 0) is 62.6 Å². The van der Waals surface area contributed by atoms with E-state index in [1.807, 2.05) is 24.0 Å². The molecule has 2 heterocycles. The summed E-state index contributed by atoms with van der Waals surface area (Å²) in [6.07, 6.45) is 2.81. The molecule has 0 unspecified atom stereocenters. The Bertz CT molecular complexity index is 926. The maximum absolute atomic E-state index is 13.3. The van der Waals surface area contributed by atoms with Crippen molar-refractivity contribution in [3.05, 3.63) is 46.2 Å². The standard InChI is InChI=1S/C22H26ClN3O3/c1-12-20(21(25-24-12)13-5-6-13)22(28)26-10-14-7-18(27)19(8-15(14)11-26)29-17-4-2-3-16(23)9-17/h2-4,9,13-15,18-19,27H,5-8,10-11H2,1H3,(H,24,25)/t14-,15+,18+,19+/m0/s1. The molecule has 0 spiro atoms. The lowest BCUT2D eigenvalue weighted by Crippen LogP contribution is -2.42. The molecule has 1 aromatic heterocycles. The van der Waals surface area contributed by atoms with Crippen LogP contribution >= 0.6 is 11.6 Å². The lowest BCUT2D eigenvalue weighted by Gasteiger charge is -2.35. The molecule has 154 valence electrons. The summed E-state index contributed by atoms with van der Waals surface area (Å²) in [4.78, 5) is 15.2. The molecule has 2 N–H and O–H groups in total. The fourth-order valence-electron chi connectivity index (χ4n) is 4.93. The number of benzene rings is 1. The number of nitrogens with one attached hydrogen (secondary N) is 1. The van der Waals surface area contributed by atoms with Gasteiger partial charge in [0.1, 0.15) is 11.9 Å². The highest BCUT2D eigenvalue weighted by Gasteiger charge is 2.45. The minimum atomic E-state index is -0.539. The number of likely N-dealkylation sites (tertiary alicyclic amines) is 1. The van der Waals surface area contributed by atoms with Gasteiger partial charge in [0.2, 0.25) is 0 Å². The van der Waals surface area contributed by atoms with Gasteiger partial charge in [0.05, 0.1) is 17.4 Å². The van der Waals surface area contributed by atoms with Gasteiger partial charge in [0.25, 0.3) is 5.91 Å². The molecule has 1 aromatic carbocycles. The normalized spacial score (nSPS) is 29.0. The van der Waals surface area contributed by atoms with Crippen LogP contribution in [-0.4, -0.2) is 51.4 Å². The lowest BCUT2D eigenvalue weighted by molar-refractivity contribution is -0.0231. The van der Waals surface area contributed by atoms with E-state index in [1.165, 1.54) is 0 Å². The third-order valence-corrected chi connectivity index (χ3v) is 6.84. The molecule has 1 amide bonds. The molecular formula is C22H26ClN3O3. The highest BCUT2D eigenvalue weighted by Crippen LogP contribution is 2.43. The number of aryl methyl sites for hydroxylation is 1. The predicted molar refractivity (Wildman–Crippen MR) is 109 cm³/mol. The predicted octanol–water partition coefficient (Wildman–Crippen LogP) is 3.54. The molecule has 1 aliphatic heterocycles. The largest absolute Gasteiger partial charge is 0.488 e. The second-order valence-corrected chi connectivity index (χ2v) is 9.20. The van der Waals surface area contributed by atoms with Crippen molar-refractivity contribution in [3.8, 4) is 5.75 Å². The number of H-pyrrole nitrogens is 1. The summed E-state index contributed by atoms with van der Waals surface area (Å²) in [5.41, 5.74) is 2.55. The summed E-state index contributed by atoms with van der Waals surface area (Å²) in [6.45, 7) is 3.33. The van der Waals surface area contributed by atoms with Gasteiger partial charge in [-0.3, -0.25) is 9.89 Å². The van der Waals surface area contributed by atoms with Crippen molar-refractivity contribution in [2.45, 2.75) is 50.7 Å². The Morgan fingerprint density at radius 2 is 2.03 bits per heavy atom. The Labute approximate surface area is 175 Å². The van der Waals surface area contributed by atoms with Crippen LogP contribution < -0.4 is 4.74 Å². The zero-order valence-electron chi connectivity index (χ0n) is 16.5. The van der Waals surface area contributed by atoms with Gasteiger partial charge in [0.15, 0.2) is 0 Å². The molecule has 7 heteroatoms. The zero-order chi connectivity index (χ0) is 20.1. The molecule has 2 aromatic rings. The molecule has 5 rings (SSSR count). The minimum Gasteiger partial charge on any atom is -0.488 e. The number of aliphatic hydroxyl groups is 1. The minimum absolute atomic E-state index is 0.0781. The number of carbonyl (C=O) groups excluding carboxylic acids is 1. The number of carbonyl (C=O) groups is 1. The summed E-state index contributed by atoms with van der Waals surface area (Å²) in [6, 6.07) is 7.27. The third-order valence-electron chi connectivity index (χ3n) is 6.61. The van der Waals surface area contributed by atoms with Gasteiger partial charge in [0, 0.05) is 29.7 Å². The smallest absolute Gasteiger partial charge is 0.257 e. The van der Waals surface area contributed by atoms with Crippen LogP contribution in [0.4, 0.5) is 0 Å². The molecule has 4 atom stereocenters. The van der Waals surface area contributed by atoms with Gasteiger partial charge < -0.3 is 14.7 Å². The zero-order valence-corrected chi connectivity index (χ0v) is 17.2. The summed E-state index contributed by atoms with van der Waals surface area (Å²) < 4.78 is 6.05. The van der Waals surface area contributed by atoms with Crippen LogP contribution in [0.2, 0.25) is 5.02 Å². The van der Waals surface area contributed by atoms with Crippen molar-refractivity contribution >= 4 is 17.5 Å². The second kappa shape index (κ2) is 7.33. The molecular weight excluding hydrogens is 390 g/mol. The van der Waals surface area contributed by atoms with E-state index < -0.39 is 6.10 Å². The summed E-state index contributed by atoms with van der Waals surface area (Å²) in [5.74, 6) is 1.83. The van der Waals surface area contributed by atoms with E-state index >= 15 is 0 Å². The van der Waals surface area contributed by atoms with Crippen LogP contribution in [0, 0.1) is 18.8 Å². The topological polar surface area (TPSA) is 78.5 Å². The van der Waals surface area contributed by atoms with Crippen molar-refractivity contribution < 1.29 is 14.6 Å². The first kappa shape index (κ1) is 18.9. The van der Waals surface area contributed by atoms with E-state index in [0.717, 1.165) is 36.2 Å². The number of nitrogens with zero attached hydrogens (tertiary/aromatic N) is 2. The van der Waals surface area contributed by atoms with Gasteiger partial charge in [-0.15, -0.1) is 0 Å². The molecule has 3 fully saturated rings. The quantitative estimate of drug-likeness (QED) is 0.800. The first-order valence-corrected chi connectivity index (χ1v) is 10.8. The van der Waals surface area contributed by atoms with Crippen LogP contribution in [0.1, 0.15) is 53.3 Å². The molecule has 3 aliphatic rings. The molecule has 6 nitrogen and oxygen atoms in total. The van der Waals surface area contributed by atoms with Crippen LogP contribution in [-0.2, 0) is 0 Å². The summed E-state index contributed by atoms with van der Waals surface area (Å²) in [7, 11) is 0. The van der Waals surface area contributed by atoms with Crippen molar-refractivity contribution in [1.29, 1.82) is 0 Å². The maximum atomic E-state index is 13.3. The molecule has 1 saturated heterocycles. The Kier molecular flexibility index (Phi) is 4.79. The van der Waals surface area contributed by atoms with Crippen LogP contribution in [0.3, 0.4) is 0 Å². The van der Waals surface area contributed by atoms with Crippen molar-refractivity contribution in [3.63, 3.8) is 0 Å². The van der Waals surface area contributed by atoms with Gasteiger partial charge in [-0.25, -0.2) is 0 Å². The fraction of sp³-hybridized carbons (Fsp3) is 0.545. The number of amides is 1. The van der Waals surface area contributed by atoms with E-state index in [1.54, 1.807) is 12.1 Å². The van der Waals surface area contributed by atoms with Crippen LogP contribution in [0.25, 0.3) is 0 Å². The average molecular weight is 416 g/mol. The van der Waals surface area contributed by atoms with Crippen LogP contribution in [0.5, 0.6) is 5.75 Å². The Hall–Kier alpha value is -2.05. The molecule has 0 radical (unpaired) electrons. The Balaban J connectivity index is 1.28. The number of aliphatic hydroxyl groups excluding tert-OH is 1. The molecule has 0 bridgehead atoms. The second-order valence-electron chi connectivity index (χ2n) is 8.77. The molecule has 2 aliphatic carbocycles. The number of rotatable bonds is 4. The van der Waals surface area contributed by atoms with E-state index in [9.17, 15) is 9.90 Å². The monoisotopic (exact) mass is 415 g/mol. The van der Waals surface area contributed by atoms with Gasteiger partial charge in [-0.2, -0.15) is 5.10 Å². The number of ether oxygens (including phenoxy) is 1.